The lowest BCUT2D eigenvalue weighted by Crippen LogP contribution is -2.23. The van der Waals surface area contributed by atoms with Crippen LogP contribution in [0, 0.1) is 0 Å². The number of nitrogens with zero attached hydrogens (tertiary/aromatic N) is 2. The molecule has 24 heavy (non-hydrogen) atoms. The van der Waals surface area contributed by atoms with Gasteiger partial charge in [-0.2, -0.15) is 0 Å². The van der Waals surface area contributed by atoms with Crippen molar-refractivity contribution < 1.29 is 4.79 Å². The van der Waals surface area contributed by atoms with Gasteiger partial charge in [0.15, 0.2) is 0 Å². The maximum absolute atomic E-state index is 12.4. The molecule has 0 fully saturated rings. The van der Waals surface area contributed by atoms with Crippen LogP contribution in [0.3, 0.4) is 0 Å². The Bertz CT molecular complexity index is 1030. The van der Waals surface area contributed by atoms with Gasteiger partial charge in [-0.1, -0.05) is 48.5 Å². The minimum atomic E-state index is -0.159. The molecule has 4 nitrogen and oxygen atoms in total. The van der Waals surface area contributed by atoms with Gasteiger partial charge >= 0.3 is 0 Å². The number of aromatic nitrogens is 2. The Morgan fingerprint density at radius 3 is 2.58 bits per heavy atom. The van der Waals surface area contributed by atoms with Crippen molar-refractivity contribution in [1.29, 1.82) is 0 Å². The fourth-order valence-electron chi connectivity index (χ4n) is 3.05. The first kappa shape index (κ1) is 14.5. The fraction of sp³-hybridized carbons (Fsp3) is 0.100. The van der Waals surface area contributed by atoms with E-state index in [1.165, 1.54) is 0 Å². The number of para-hydroxylation sites is 1. The van der Waals surface area contributed by atoms with Crippen LogP contribution in [0.2, 0.25) is 0 Å². The van der Waals surface area contributed by atoms with Crippen LogP contribution in [0.25, 0.3) is 21.8 Å². The Hall–Kier alpha value is -3.14. The number of pyridine rings is 1. The highest BCUT2D eigenvalue weighted by molar-refractivity contribution is 6.09. The van der Waals surface area contributed by atoms with E-state index in [9.17, 15) is 4.79 Å². The van der Waals surface area contributed by atoms with Crippen LogP contribution < -0.4 is 5.32 Å². The molecule has 0 atom stereocenters. The Balaban J connectivity index is 1.67. The third-order valence-corrected chi connectivity index (χ3v) is 4.33. The van der Waals surface area contributed by atoms with Crippen molar-refractivity contribution >= 4 is 27.7 Å². The van der Waals surface area contributed by atoms with Gasteiger partial charge in [0.25, 0.3) is 5.91 Å². The summed E-state index contributed by atoms with van der Waals surface area (Å²) in [7, 11) is 2.02. The smallest absolute Gasteiger partial charge is 0.270 e. The molecule has 0 radical (unpaired) electrons. The molecule has 0 aliphatic rings. The summed E-state index contributed by atoms with van der Waals surface area (Å²) in [5, 5.41) is 5.11. The van der Waals surface area contributed by atoms with Gasteiger partial charge in [0, 0.05) is 29.9 Å². The van der Waals surface area contributed by atoms with E-state index < -0.39 is 0 Å². The zero-order chi connectivity index (χ0) is 16.5. The van der Waals surface area contributed by atoms with Crippen molar-refractivity contribution in [2.45, 2.75) is 6.54 Å². The van der Waals surface area contributed by atoms with Gasteiger partial charge in [-0.3, -0.25) is 4.79 Å². The molecule has 0 spiro atoms. The second kappa shape index (κ2) is 5.81. The van der Waals surface area contributed by atoms with Crippen molar-refractivity contribution in [1.82, 2.24) is 14.9 Å². The van der Waals surface area contributed by atoms with Crippen LogP contribution >= 0.6 is 0 Å². The summed E-state index contributed by atoms with van der Waals surface area (Å²) in [4.78, 5) is 16.8. The number of amides is 1. The average molecular weight is 315 g/mol. The lowest BCUT2D eigenvalue weighted by molar-refractivity contribution is 0.0946. The number of fused-ring (bicyclic) bond motifs is 3. The maximum Gasteiger partial charge on any atom is 0.270 e. The van der Waals surface area contributed by atoms with Gasteiger partial charge in [0.2, 0.25) is 0 Å². The van der Waals surface area contributed by atoms with Gasteiger partial charge in [-0.25, -0.2) is 4.98 Å². The van der Waals surface area contributed by atoms with E-state index >= 15 is 0 Å². The first-order valence-corrected chi connectivity index (χ1v) is 7.89. The van der Waals surface area contributed by atoms with Crippen molar-refractivity contribution in [2.24, 2.45) is 7.05 Å². The number of carbonyl (C=O) groups is 1. The predicted molar refractivity (Wildman–Crippen MR) is 95.8 cm³/mol. The molecule has 0 saturated carbocycles. The molecule has 0 saturated heterocycles. The third kappa shape index (κ3) is 2.42. The first-order valence-electron chi connectivity index (χ1n) is 7.89. The standard InChI is InChI=1S/C20H17N3O/c1-23-18-10-6-5-9-15(18)16-11-17(21-13-19(16)23)20(24)22-12-14-7-3-2-4-8-14/h2-11,13H,12H2,1H3,(H,22,24). The van der Waals surface area contributed by atoms with Crippen molar-refractivity contribution in [2.75, 3.05) is 0 Å². The average Bonchev–Trinajstić information content (AvgIpc) is 2.93. The van der Waals surface area contributed by atoms with E-state index in [-0.39, 0.29) is 5.91 Å². The Kier molecular flexibility index (Phi) is 3.50. The highest BCUT2D eigenvalue weighted by atomic mass is 16.1. The SMILES string of the molecule is Cn1c2ccccc2c2cc(C(=O)NCc3ccccc3)ncc21. The van der Waals surface area contributed by atoms with Crippen LogP contribution in [0.1, 0.15) is 16.1 Å². The third-order valence-electron chi connectivity index (χ3n) is 4.33. The predicted octanol–water partition coefficient (Wildman–Crippen LogP) is 3.66. The Morgan fingerprint density at radius 2 is 1.75 bits per heavy atom. The van der Waals surface area contributed by atoms with Crippen molar-refractivity contribution in [3.63, 3.8) is 0 Å². The zero-order valence-corrected chi connectivity index (χ0v) is 13.4. The maximum atomic E-state index is 12.4. The van der Waals surface area contributed by atoms with Gasteiger partial charge in [0.05, 0.1) is 11.7 Å². The number of nitrogens with one attached hydrogen (secondary N) is 1. The second-order valence-electron chi connectivity index (χ2n) is 5.83. The van der Waals surface area contributed by atoms with E-state index in [1.54, 1.807) is 6.20 Å². The summed E-state index contributed by atoms with van der Waals surface area (Å²) < 4.78 is 2.10. The number of hydrogen-bond acceptors (Lipinski definition) is 2. The molecule has 0 bridgehead atoms. The minimum absolute atomic E-state index is 0.159. The fourth-order valence-corrected chi connectivity index (χ4v) is 3.05. The van der Waals surface area contributed by atoms with Crippen LogP contribution in [-0.4, -0.2) is 15.5 Å². The van der Waals surface area contributed by atoms with E-state index in [1.807, 2.05) is 55.6 Å². The topological polar surface area (TPSA) is 46.9 Å². The molecule has 2 aromatic heterocycles. The van der Waals surface area contributed by atoms with Crippen LogP contribution in [0.4, 0.5) is 0 Å². The molecule has 1 N–H and O–H groups in total. The summed E-state index contributed by atoms with van der Waals surface area (Å²) in [6, 6.07) is 19.9. The zero-order valence-electron chi connectivity index (χ0n) is 13.4. The number of hydrogen-bond donors (Lipinski definition) is 1. The molecular formula is C20H17N3O. The molecule has 118 valence electrons. The Labute approximate surface area is 139 Å². The summed E-state index contributed by atoms with van der Waals surface area (Å²) in [6.07, 6.45) is 1.77. The summed E-state index contributed by atoms with van der Waals surface area (Å²) in [5.74, 6) is -0.159. The van der Waals surface area contributed by atoms with Crippen molar-refractivity contribution in [3.8, 4) is 0 Å². The highest BCUT2D eigenvalue weighted by Crippen LogP contribution is 2.27. The Morgan fingerprint density at radius 1 is 1.00 bits per heavy atom. The van der Waals surface area contributed by atoms with E-state index in [4.69, 9.17) is 0 Å². The summed E-state index contributed by atoms with van der Waals surface area (Å²) in [5.41, 5.74) is 3.67. The van der Waals surface area contributed by atoms with Gasteiger partial charge in [-0.05, 0) is 17.7 Å². The molecule has 0 aliphatic carbocycles. The van der Waals surface area contributed by atoms with Crippen LogP contribution in [0.5, 0.6) is 0 Å². The summed E-state index contributed by atoms with van der Waals surface area (Å²) in [6.45, 7) is 0.495. The van der Waals surface area contributed by atoms with E-state index in [2.05, 4.69) is 27.0 Å². The second-order valence-corrected chi connectivity index (χ2v) is 5.83. The van der Waals surface area contributed by atoms with Crippen molar-refractivity contribution in [3.05, 3.63) is 78.1 Å². The number of rotatable bonds is 3. The molecule has 4 rings (SSSR count). The molecular weight excluding hydrogens is 298 g/mol. The number of aryl methyl sites for hydroxylation is 1. The van der Waals surface area contributed by atoms with E-state index in [0.29, 0.717) is 12.2 Å². The number of carbonyl (C=O) groups excluding carboxylic acids is 1. The van der Waals surface area contributed by atoms with E-state index in [0.717, 1.165) is 27.4 Å². The molecule has 1 amide bonds. The minimum Gasteiger partial charge on any atom is -0.347 e. The highest BCUT2D eigenvalue weighted by Gasteiger charge is 2.12. The first-order chi connectivity index (χ1) is 11.7. The summed E-state index contributed by atoms with van der Waals surface area (Å²) >= 11 is 0. The normalized spacial score (nSPS) is 11.0. The quantitative estimate of drug-likeness (QED) is 0.627. The monoisotopic (exact) mass is 315 g/mol. The molecule has 4 aromatic rings. The molecule has 2 aromatic carbocycles. The van der Waals surface area contributed by atoms with Gasteiger partial charge < -0.3 is 9.88 Å². The van der Waals surface area contributed by atoms with Crippen LogP contribution in [0.15, 0.2) is 66.9 Å². The molecule has 4 heteroatoms. The van der Waals surface area contributed by atoms with Crippen LogP contribution in [-0.2, 0) is 13.6 Å². The molecule has 2 heterocycles. The largest absolute Gasteiger partial charge is 0.347 e. The molecule has 0 unspecified atom stereocenters. The van der Waals surface area contributed by atoms with Gasteiger partial charge in [-0.15, -0.1) is 0 Å². The number of benzene rings is 2. The lowest BCUT2D eigenvalue weighted by Gasteiger charge is -2.05. The molecule has 0 aliphatic heterocycles. The lowest BCUT2D eigenvalue weighted by atomic mass is 10.1. The van der Waals surface area contributed by atoms with Gasteiger partial charge in [0.1, 0.15) is 5.69 Å².